The minimum absolute atomic E-state index is 0.0634. The summed E-state index contributed by atoms with van der Waals surface area (Å²) in [6.07, 6.45) is 1.16. The Kier molecular flexibility index (Phi) is 3.80. The highest BCUT2D eigenvalue weighted by Gasteiger charge is 2.24. The summed E-state index contributed by atoms with van der Waals surface area (Å²) in [5, 5.41) is 12.7. The molecule has 2 atom stereocenters. The lowest BCUT2D eigenvalue weighted by Crippen LogP contribution is -2.31. The van der Waals surface area contributed by atoms with E-state index in [1.807, 2.05) is 30.3 Å². The molecule has 0 aromatic heterocycles. The first-order chi connectivity index (χ1) is 9.88. The van der Waals surface area contributed by atoms with E-state index in [1.165, 1.54) is 11.1 Å². The van der Waals surface area contributed by atoms with Crippen molar-refractivity contribution in [1.29, 1.82) is 5.26 Å². The fourth-order valence-corrected chi connectivity index (χ4v) is 2.87. The van der Waals surface area contributed by atoms with Gasteiger partial charge < -0.3 is 5.32 Å². The fourth-order valence-electron chi connectivity index (χ4n) is 2.87. The summed E-state index contributed by atoms with van der Waals surface area (Å²) < 4.78 is 0. The Balaban J connectivity index is 1.52. The van der Waals surface area contributed by atoms with E-state index in [0.717, 1.165) is 25.1 Å². The highest BCUT2D eigenvalue weighted by molar-refractivity contribution is 5.40. The molecule has 0 spiro atoms. The highest BCUT2D eigenvalue weighted by Crippen LogP contribution is 2.34. The molecule has 100 valence electrons. The zero-order chi connectivity index (χ0) is 13.8. The van der Waals surface area contributed by atoms with E-state index in [4.69, 9.17) is 0 Å². The quantitative estimate of drug-likeness (QED) is 0.898. The maximum atomic E-state index is 9.28. The van der Waals surface area contributed by atoms with Crippen molar-refractivity contribution >= 4 is 0 Å². The second kappa shape index (κ2) is 5.90. The van der Waals surface area contributed by atoms with Gasteiger partial charge in [0, 0.05) is 19.0 Å². The van der Waals surface area contributed by atoms with Gasteiger partial charge in [-0.25, -0.2) is 0 Å². The van der Waals surface area contributed by atoms with Crippen LogP contribution in [0, 0.1) is 11.3 Å². The number of fused-ring (bicyclic) bond motifs is 1. The molecule has 2 unspecified atom stereocenters. The van der Waals surface area contributed by atoms with E-state index < -0.39 is 0 Å². The molecule has 1 N–H and O–H groups in total. The van der Waals surface area contributed by atoms with Crippen LogP contribution >= 0.6 is 0 Å². The Morgan fingerprint density at radius 3 is 2.60 bits per heavy atom. The maximum Gasteiger partial charge on any atom is 0.0837 e. The molecule has 0 heterocycles. The number of nitrogens with one attached hydrogen (secondary N) is 1. The monoisotopic (exact) mass is 262 g/mol. The topological polar surface area (TPSA) is 35.8 Å². The van der Waals surface area contributed by atoms with Crippen LogP contribution in [-0.4, -0.2) is 13.1 Å². The summed E-state index contributed by atoms with van der Waals surface area (Å²) in [7, 11) is 0. The van der Waals surface area contributed by atoms with Crippen molar-refractivity contribution in [2.75, 3.05) is 13.1 Å². The molecule has 0 bridgehead atoms. The smallest absolute Gasteiger partial charge is 0.0837 e. The number of hydrogen-bond donors (Lipinski definition) is 1. The molecular formula is C18H18N2. The molecule has 0 fully saturated rings. The largest absolute Gasteiger partial charge is 0.314 e. The van der Waals surface area contributed by atoms with Crippen LogP contribution in [0.25, 0.3) is 0 Å². The molecule has 2 aromatic rings. The van der Waals surface area contributed by atoms with Crippen LogP contribution in [-0.2, 0) is 6.42 Å². The van der Waals surface area contributed by atoms with E-state index in [0.29, 0.717) is 5.92 Å². The van der Waals surface area contributed by atoms with Crippen molar-refractivity contribution in [3.63, 3.8) is 0 Å². The van der Waals surface area contributed by atoms with Crippen LogP contribution in [0.3, 0.4) is 0 Å². The Hall–Kier alpha value is -2.11. The van der Waals surface area contributed by atoms with Crippen LogP contribution in [0.15, 0.2) is 54.6 Å². The third kappa shape index (κ3) is 2.59. The average Bonchev–Trinajstić information content (AvgIpc) is 2.49. The van der Waals surface area contributed by atoms with E-state index in [2.05, 4.69) is 35.7 Å². The lowest BCUT2D eigenvalue weighted by Gasteiger charge is -2.30. The van der Waals surface area contributed by atoms with Crippen molar-refractivity contribution in [2.45, 2.75) is 18.3 Å². The summed E-state index contributed by atoms with van der Waals surface area (Å²) >= 11 is 0. The first kappa shape index (κ1) is 12.9. The normalized spacial score (nSPS) is 17.6. The fraction of sp³-hybridized carbons (Fsp3) is 0.278. The van der Waals surface area contributed by atoms with Gasteiger partial charge in [-0.2, -0.15) is 5.26 Å². The Morgan fingerprint density at radius 1 is 1.10 bits per heavy atom. The van der Waals surface area contributed by atoms with Gasteiger partial charge in [-0.05, 0) is 23.1 Å². The Labute approximate surface area is 120 Å². The summed E-state index contributed by atoms with van der Waals surface area (Å²) in [5.74, 6) is 0.549. The van der Waals surface area contributed by atoms with Gasteiger partial charge in [0.25, 0.3) is 0 Å². The molecule has 20 heavy (non-hydrogen) atoms. The second-order valence-corrected chi connectivity index (χ2v) is 5.35. The molecule has 0 amide bonds. The number of rotatable bonds is 5. The van der Waals surface area contributed by atoms with E-state index in [9.17, 15) is 5.26 Å². The first-order valence-electron chi connectivity index (χ1n) is 7.11. The minimum Gasteiger partial charge on any atom is -0.314 e. The van der Waals surface area contributed by atoms with Crippen molar-refractivity contribution < 1.29 is 0 Å². The highest BCUT2D eigenvalue weighted by atomic mass is 14.9. The molecular weight excluding hydrogens is 244 g/mol. The summed E-state index contributed by atoms with van der Waals surface area (Å²) in [6, 6.07) is 21.0. The zero-order valence-electron chi connectivity index (χ0n) is 11.4. The van der Waals surface area contributed by atoms with Crippen LogP contribution in [0.4, 0.5) is 0 Å². The summed E-state index contributed by atoms with van der Waals surface area (Å²) in [5.41, 5.74) is 4.03. The van der Waals surface area contributed by atoms with Crippen LogP contribution < -0.4 is 5.32 Å². The molecule has 1 aliphatic carbocycles. The van der Waals surface area contributed by atoms with E-state index >= 15 is 0 Å². The number of benzene rings is 2. The predicted octanol–water partition coefficient (Wildman–Crippen LogP) is 3.22. The number of nitriles is 1. The van der Waals surface area contributed by atoms with Gasteiger partial charge >= 0.3 is 0 Å². The summed E-state index contributed by atoms with van der Waals surface area (Å²) in [4.78, 5) is 0. The van der Waals surface area contributed by atoms with Gasteiger partial charge in [0.05, 0.1) is 12.0 Å². The SMILES string of the molecule is N#CC(CNCC1Cc2ccccc21)c1ccccc1. The van der Waals surface area contributed by atoms with Crippen LogP contribution in [0.1, 0.15) is 28.5 Å². The number of nitrogens with zero attached hydrogens (tertiary/aromatic N) is 1. The van der Waals surface area contributed by atoms with Gasteiger partial charge in [0.15, 0.2) is 0 Å². The van der Waals surface area contributed by atoms with E-state index in [1.54, 1.807) is 0 Å². The van der Waals surface area contributed by atoms with Gasteiger partial charge in [-0.15, -0.1) is 0 Å². The lowest BCUT2D eigenvalue weighted by atomic mass is 9.77. The molecule has 0 aliphatic heterocycles. The van der Waals surface area contributed by atoms with Gasteiger partial charge in [-0.3, -0.25) is 0 Å². The maximum absolute atomic E-state index is 9.28. The standard InChI is InChI=1S/C18H18N2/c19-11-17(14-6-2-1-3-7-14)13-20-12-16-10-15-8-4-5-9-18(15)16/h1-9,16-17,20H,10,12-13H2. The van der Waals surface area contributed by atoms with E-state index in [-0.39, 0.29) is 5.92 Å². The van der Waals surface area contributed by atoms with Crippen molar-refractivity contribution in [1.82, 2.24) is 5.32 Å². The third-order valence-electron chi connectivity index (χ3n) is 4.06. The molecule has 2 heteroatoms. The molecule has 3 rings (SSSR count). The Morgan fingerprint density at radius 2 is 1.85 bits per heavy atom. The molecule has 0 saturated carbocycles. The Bertz CT molecular complexity index is 613. The van der Waals surface area contributed by atoms with Crippen molar-refractivity contribution in [3.8, 4) is 6.07 Å². The summed E-state index contributed by atoms with van der Waals surface area (Å²) in [6.45, 7) is 1.68. The third-order valence-corrected chi connectivity index (χ3v) is 4.06. The van der Waals surface area contributed by atoms with Crippen molar-refractivity contribution in [2.24, 2.45) is 0 Å². The number of hydrogen-bond acceptors (Lipinski definition) is 2. The molecule has 2 aromatic carbocycles. The van der Waals surface area contributed by atoms with Crippen molar-refractivity contribution in [3.05, 3.63) is 71.3 Å². The molecule has 0 saturated heterocycles. The zero-order valence-corrected chi connectivity index (χ0v) is 11.4. The second-order valence-electron chi connectivity index (χ2n) is 5.35. The van der Waals surface area contributed by atoms with Gasteiger partial charge in [0.1, 0.15) is 0 Å². The molecule has 0 radical (unpaired) electrons. The molecule has 2 nitrogen and oxygen atoms in total. The van der Waals surface area contributed by atoms with Crippen LogP contribution in [0.5, 0.6) is 0 Å². The van der Waals surface area contributed by atoms with Crippen LogP contribution in [0.2, 0.25) is 0 Å². The predicted molar refractivity (Wildman–Crippen MR) is 80.6 cm³/mol. The first-order valence-corrected chi connectivity index (χ1v) is 7.11. The lowest BCUT2D eigenvalue weighted by molar-refractivity contribution is 0.528. The van der Waals surface area contributed by atoms with Gasteiger partial charge in [0.2, 0.25) is 0 Å². The van der Waals surface area contributed by atoms with Gasteiger partial charge in [-0.1, -0.05) is 54.6 Å². The average molecular weight is 262 g/mol. The minimum atomic E-state index is -0.0634. The molecule has 1 aliphatic rings.